The normalized spacial score (nSPS) is 12.1. The molecule has 0 aromatic rings. The number of Topliss-reactive ketones (excluding diaryl/α,β-unsaturated/α-hetero) is 1. The van der Waals surface area contributed by atoms with Crippen LogP contribution in [0.3, 0.4) is 0 Å². The second-order valence-corrected chi connectivity index (χ2v) is 5.19. The molecule has 2 nitrogen and oxygen atoms in total. The van der Waals surface area contributed by atoms with E-state index in [0.717, 1.165) is 25.7 Å². The van der Waals surface area contributed by atoms with E-state index in [9.17, 15) is 4.79 Å². The van der Waals surface area contributed by atoms with Crippen molar-refractivity contribution in [3.8, 4) is 0 Å². The van der Waals surface area contributed by atoms with Crippen molar-refractivity contribution >= 4 is 5.78 Å². The summed E-state index contributed by atoms with van der Waals surface area (Å²) in [5.74, 6) is 0.781. The Balaban J connectivity index is 3.74. The Hall–Kier alpha value is -0.370. The Morgan fingerprint density at radius 2 is 1.67 bits per heavy atom. The Morgan fingerprint density at radius 3 is 2.13 bits per heavy atom. The smallest absolute Gasteiger partial charge is 0.138 e. The lowest BCUT2D eigenvalue weighted by Gasteiger charge is -2.27. The number of carbonyl (C=O) groups excluding carboxylic acids is 1. The van der Waals surface area contributed by atoms with Crippen LogP contribution in [-0.4, -0.2) is 17.5 Å². The molecule has 0 atom stereocenters. The summed E-state index contributed by atoms with van der Waals surface area (Å²) in [6.07, 6.45) is 4.61. The van der Waals surface area contributed by atoms with Gasteiger partial charge in [0.1, 0.15) is 5.78 Å². The maximum Gasteiger partial charge on any atom is 0.138 e. The van der Waals surface area contributed by atoms with Crippen molar-refractivity contribution in [2.24, 2.45) is 11.3 Å². The Morgan fingerprint density at radius 1 is 1.13 bits per heavy atom. The van der Waals surface area contributed by atoms with E-state index in [4.69, 9.17) is 5.11 Å². The van der Waals surface area contributed by atoms with E-state index in [1.807, 2.05) is 13.8 Å². The molecule has 0 aliphatic rings. The van der Waals surface area contributed by atoms with Gasteiger partial charge in [-0.15, -0.1) is 0 Å². The zero-order chi connectivity index (χ0) is 11.9. The summed E-state index contributed by atoms with van der Waals surface area (Å²) in [7, 11) is 0. The van der Waals surface area contributed by atoms with Crippen molar-refractivity contribution in [3.05, 3.63) is 0 Å². The molecule has 0 aliphatic carbocycles. The molecule has 0 aromatic carbocycles. The minimum atomic E-state index is -0.184. The molecule has 0 radical (unpaired) electrons. The molecule has 0 unspecified atom stereocenters. The quantitative estimate of drug-likeness (QED) is 0.630. The summed E-state index contributed by atoms with van der Waals surface area (Å²) in [6.45, 7) is 8.54. The van der Waals surface area contributed by atoms with Crippen LogP contribution < -0.4 is 0 Å². The van der Waals surface area contributed by atoms with Crippen LogP contribution in [0.5, 0.6) is 0 Å². The van der Waals surface area contributed by atoms with Crippen molar-refractivity contribution in [2.45, 2.75) is 59.8 Å². The van der Waals surface area contributed by atoms with Crippen molar-refractivity contribution < 1.29 is 9.90 Å². The molecule has 0 fully saturated rings. The van der Waals surface area contributed by atoms with Gasteiger partial charge in [0.15, 0.2) is 0 Å². The molecule has 0 aromatic heterocycles. The summed E-state index contributed by atoms with van der Waals surface area (Å²) < 4.78 is 0. The highest BCUT2D eigenvalue weighted by Gasteiger charge is 2.29. The molecule has 90 valence electrons. The molecule has 0 saturated carbocycles. The van der Waals surface area contributed by atoms with E-state index in [1.54, 1.807) is 0 Å². The highest BCUT2D eigenvalue weighted by molar-refractivity contribution is 5.84. The minimum absolute atomic E-state index is 0.184. The lowest BCUT2D eigenvalue weighted by atomic mass is 9.76. The summed E-state index contributed by atoms with van der Waals surface area (Å²) in [5.41, 5.74) is -0.184. The maximum absolute atomic E-state index is 11.9. The fourth-order valence-electron chi connectivity index (χ4n) is 1.40. The number of rotatable bonds is 8. The van der Waals surface area contributed by atoms with Gasteiger partial charge in [-0.2, -0.15) is 0 Å². The number of hydrogen-bond acceptors (Lipinski definition) is 2. The zero-order valence-corrected chi connectivity index (χ0v) is 10.7. The van der Waals surface area contributed by atoms with Crippen molar-refractivity contribution in [3.63, 3.8) is 0 Å². The molecule has 0 spiro atoms. The maximum atomic E-state index is 11.9. The lowest BCUT2D eigenvalue weighted by molar-refractivity contribution is -0.129. The molecular weight excluding hydrogens is 188 g/mol. The van der Waals surface area contributed by atoms with Crippen LogP contribution in [0.15, 0.2) is 0 Å². The Labute approximate surface area is 94.1 Å². The van der Waals surface area contributed by atoms with Gasteiger partial charge in [-0.1, -0.05) is 40.5 Å². The predicted molar refractivity (Wildman–Crippen MR) is 63.8 cm³/mol. The molecule has 0 amide bonds. The van der Waals surface area contributed by atoms with Crippen molar-refractivity contribution in [2.75, 3.05) is 6.61 Å². The molecule has 1 N–H and O–H groups in total. The molecule has 2 heteroatoms. The van der Waals surface area contributed by atoms with Crippen molar-refractivity contribution in [1.82, 2.24) is 0 Å². The fraction of sp³-hybridized carbons (Fsp3) is 0.923. The second-order valence-electron chi connectivity index (χ2n) is 5.19. The number of carbonyl (C=O) groups is 1. The average Bonchev–Trinajstić information content (AvgIpc) is 2.16. The third-order valence-electron chi connectivity index (χ3n) is 3.47. The standard InChI is InChI=1S/C13H26O2/c1-11(2)13(3,4)12(15)9-7-5-6-8-10-14/h11,14H,5-10H2,1-4H3. The molecule has 0 aliphatic heterocycles. The third-order valence-corrected chi connectivity index (χ3v) is 3.47. The highest BCUT2D eigenvalue weighted by atomic mass is 16.2. The number of hydrogen-bond donors (Lipinski definition) is 1. The topological polar surface area (TPSA) is 37.3 Å². The van der Waals surface area contributed by atoms with Crippen LogP contribution >= 0.6 is 0 Å². The van der Waals surface area contributed by atoms with Gasteiger partial charge >= 0.3 is 0 Å². The Bertz CT molecular complexity index is 183. The van der Waals surface area contributed by atoms with Gasteiger partial charge in [0.05, 0.1) is 0 Å². The average molecular weight is 214 g/mol. The van der Waals surface area contributed by atoms with E-state index in [2.05, 4.69) is 13.8 Å². The van der Waals surface area contributed by atoms with Crippen LogP contribution in [0.25, 0.3) is 0 Å². The summed E-state index contributed by atoms with van der Waals surface area (Å²) in [6, 6.07) is 0. The largest absolute Gasteiger partial charge is 0.396 e. The zero-order valence-electron chi connectivity index (χ0n) is 10.7. The molecule has 0 saturated heterocycles. The number of aliphatic hydroxyl groups is 1. The van der Waals surface area contributed by atoms with Gasteiger partial charge in [-0.25, -0.2) is 0 Å². The first kappa shape index (κ1) is 14.6. The summed E-state index contributed by atoms with van der Waals surface area (Å²) >= 11 is 0. The van der Waals surface area contributed by atoms with Gasteiger partial charge in [0.2, 0.25) is 0 Å². The SMILES string of the molecule is CC(C)C(C)(C)C(=O)CCCCCCO. The van der Waals surface area contributed by atoms with Gasteiger partial charge in [-0.3, -0.25) is 4.79 Å². The minimum Gasteiger partial charge on any atom is -0.396 e. The van der Waals surface area contributed by atoms with E-state index in [-0.39, 0.29) is 12.0 Å². The Kier molecular flexibility index (Phi) is 6.82. The first-order chi connectivity index (χ1) is 6.92. The van der Waals surface area contributed by atoms with Gasteiger partial charge < -0.3 is 5.11 Å². The van der Waals surface area contributed by atoms with Crippen LogP contribution in [0, 0.1) is 11.3 Å². The molecule has 15 heavy (non-hydrogen) atoms. The predicted octanol–water partition coefficient (Wildman–Crippen LogP) is 3.18. The number of aliphatic hydroxyl groups excluding tert-OH is 1. The second kappa shape index (κ2) is 7.00. The summed E-state index contributed by atoms with van der Waals surface area (Å²) in [4.78, 5) is 11.9. The number of unbranched alkanes of at least 4 members (excludes halogenated alkanes) is 3. The van der Waals surface area contributed by atoms with Crippen molar-refractivity contribution in [1.29, 1.82) is 0 Å². The van der Waals surface area contributed by atoms with Gasteiger partial charge in [0, 0.05) is 18.4 Å². The highest BCUT2D eigenvalue weighted by Crippen LogP contribution is 2.29. The van der Waals surface area contributed by atoms with Crippen LogP contribution in [0.2, 0.25) is 0 Å². The third kappa shape index (κ3) is 5.31. The van der Waals surface area contributed by atoms with Crippen LogP contribution in [-0.2, 0) is 4.79 Å². The first-order valence-electron chi connectivity index (χ1n) is 6.07. The number of ketones is 1. The van der Waals surface area contributed by atoms with Gasteiger partial charge in [0.25, 0.3) is 0 Å². The van der Waals surface area contributed by atoms with E-state index in [0.29, 0.717) is 18.1 Å². The molecule has 0 bridgehead atoms. The fourth-order valence-corrected chi connectivity index (χ4v) is 1.40. The van der Waals surface area contributed by atoms with E-state index in [1.165, 1.54) is 0 Å². The molecule has 0 heterocycles. The van der Waals surface area contributed by atoms with E-state index >= 15 is 0 Å². The van der Waals surface area contributed by atoms with Gasteiger partial charge in [-0.05, 0) is 18.8 Å². The monoisotopic (exact) mass is 214 g/mol. The first-order valence-corrected chi connectivity index (χ1v) is 6.07. The van der Waals surface area contributed by atoms with Crippen LogP contribution in [0.1, 0.15) is 59.8 Å². The van der Waals surface area contributed by atoms with Crippen LogP contribution in [0.4, 0.5) is 0 Å². The van der Waals surface area contributed by atoms with E-state index < -0.39 is 0 Å². The lowest BCUT2D eigenvalue weighted by Crippen LogP contribution is -2.29. The molecular formula is C13H26O2. The summed E-state index contributed by atoms with van der Waals surface area (Å²) in [5, 5.41) is 8.61. The molecule has 0 rings (SSSR count).